The van der Waals surface area contributed by atoms with Gasteiger partial charge in [-0.15, -0.1) is 0 Å². The molecule has 19 heteroatoms. The monoisotopic (exact) mass is 775 g/mol. The van der Waals surface area contributed by atoms with Crippen molar-refractivity contribution in [3.8, 4) is 11.1 Å². The highest BCUT2D eigenvalue weighted by Crippen LogP contribution is 2.27. The summed E-state index contributed by atoms with van der Waals surface area (Å²) >= 11 is 0. The fourth-order valence-electron chi connectivity index (χ4n) is 4.47. The molecule has 11 N–H and O–H groups in total. The van der Waals surface area contributed by atoms with Gasteiger partial charge in [-0.1, -0.05) is 12.1 Å². The van der Waals surface area contributed by atoms with Crippen molar-refractivity contribution in [2.75, 3.05) is 11.9 Å². The van der Waals surface area contributed by atoms with Crippen molar-refractivity contribution in [2.24, 2.45) is 10.2 Å². The molecule has 0 fully saturated rings. The summed E-state index contributed by atoms with van der Waals surface area (Å²) in [6.07, 6.45) is 0.741. The van der Waals surface area contributed by atoms with Gasteiger partial charge in [0.25, 0.3) is 23.6 Å². The molecule has 5 amide bonds. The minimum Gasteiger partial charge on any atom is -0.444 e. The molecule has 0 saturated carbocycles. The number of hydrazone groups is 2. The van der Waals surface area contributed by atoms with E-state index in [-0.39, 0.29) is 16.7 Å². The lowest BCUT2D eigenvalue weighted by Gasteiger charge is -2.19. The average molecular weight is 776 g/mol. The van der Waals surface area contributed by atoms with Gasteiger partial charge < -0.3 is 25.2 Å². The molecule has 0 spiro atoms. The molecule has 3 atom stereocenters. The quantitative estimate of drug-likeness (QED) is 0.0451. The molecule has 0 unspecified atom stereocenters. The smallest absolute Gasteiger partial charge is 0.412 e. The zero-order chi connectivity index (χ0) is 41.4. The van der Waals surface area contributed by atoms with Gasteiger partial charge in [-0.2, -0.15) is 10.2 Å². The number of amides is 5. The molecule has 0 saturated heterocycles. The Morgan fingerprint density at radius 2 is 1.23 bits per heavy atom. The lowest BCUT2D eigenvalue weighted by Crippen LogP contribution is -2.40. The Morgan fingerprint density at radius 3 is 1.70 bits per heavy atom. The predicted molar refractivity (Wildman–Crippen MR) is 202 cm³/mol. The van der Waals surface area contributed by atoms with Crippen molar-refractivity contribution in [3.05, 3.63) is 101 Å². The van der Waals surface area contributed by atoms with E-state index in [0.29, 0.717) is 27.9 Å². The van der Waals surface area contributed by atoms with Crippen molar-refractivity contribution in [2.45, 2.75) is 44.7 Å². The van der Waals surface area contributed by atoms with E-state index in [1.54, 1.807) is 51.1 Å². The molecule has 296 valence electrons. The van der Waals surface area contributed by atoms with Gasteiger partial charge >= 0.3 is 6.09 Å². The molecule has 0 aliphatic carbocycles. The zero-order valence-corrected chi connectivity index (χ0v) is 30.2. The Hall–Kier alpha value is -6.61. The van der Waals surface area contributed by atoms with Gasteiger partial charge in [0.15, 0.2) is 0 Å². The summed E-state index contributed by atoms with van der Waals surface area (Å²) in [7, 11) is 0. The number of aliphatic hydroxyl groups is 4. The Morgan fingerprint density at radius 1 is 0.732 bits per heavy atom. The molecule has 56 heavy (non-hydrogen) atoms. The fourth-order valence-corrected chi connectivity index (χ4v) is 4.47. The van der Waals surface area contributed by atoms with Gasteiger partial charge in [-0.3, -0.25) is 34.9 Å². The molecule has 0 aromatic heterocycles. The van der Waals surface area contributed by atoms with Crippen LogP contribution in [0.3, 0.4) is 0 Å². The molecule has 0 aliphatic heterocycles. The number of nitrogens with zero attached hydrogens (tertiary/aromatic N) is 2. The predicted octanol–water partition coefficient (Wildman–Crippen LogP) is 1.29. The van der Waals surface area contributed by atoms with E-state index < -0.39 is 60.2 Å². The first-order chi connectivity index (χ1) is 26.5. The van der Waals surface area contributed by atoms with Gasteiger partial charge in [0.05, 0.1) is 19.0 Å². The van der Waals surface area contributed by atoms with E-state index in [0.717, 1.165) is 18.4 Å². The number of nitrogens with one attached hydrogen (secondary N) is 5. The normalized spacial score (nSPS) is 13.4. The summed E-state index contributed by atoms with van der Waals surface area (Å²) in [6, 6.07) is 15.1. The van der Waals surface area contributed by atoms with Crippen LogP contribution in [0.4, 0.5) is 10.5 Å². The lowest BCUT2D eigenvalue weighted by atomic mass is 9.95. The Kier molecular flexibility index (Phi) is 16.2. The number of ether oxygens (including phenoxy) is 1. The van der Waals surface area contributed by atoms with Crippen molar-refractivity contribution in [1.29, 1.82) is 0 Å². The number of aliphatic hydroxyl groups excluding tert-OH is 4. The van der Waals surface area contributed by atoms with E-state index in [9.17, 15) is 39.3 Å². The van der Waals surface area contributed by atoms with Crippen LogP contribution in [-0.2, 0) is 14.3 Å². The SMILES string of the molecule is CC(C)(C)OC(=O)Nc1ccc(/C=N/NC(=O)c2cc(/C=C/C(=O)NO)cc(-c3cc(/C=C/C(=O)NO)cc(C(=O)N/N=C/[C@H](O)[C@@H](O)[C@H](O)CO)c3)c2)cc1. The van der Waals surface area contributed by atoms with Gasteiger partial charge in [-0.25, -0.2) is 26.6 Å². The van der Waals surface area contributed by atoms with Crippen molar-refractivity contribution in [1.82, 2.24) is 21.8 Å². The van der Waals surface area contributed by atoms with E-state index in [4.69, 9.17) is 20.3 Å². The Bertz CT molecular complexity index is 2010. The van der Waals surface area contributed by atoms with Gasteiger partial charge in [0.1, 0.15) is 23.9 Å². The van der Waals surface area contributed by atoms with Crippen LogP contribution in [0.1, 0.15) is 58.2 Å². The number of hydroxylamine groups is 2. The minimum atomic E-state index is -1.80. The van der Waals surface area contributed by atoms with Crippen LogP contribution in [0.2, 0.25) is 0 Å². The standard InChI is InChI=1S/C37H41N7O12/c1-37(2,3)56-36(53)40-28-8-4-21(5-9-28)18-38-41-34(51)26-14-22(6-10-31(48)43-54)12-24(16-26)25-13-23(7-11-32(49)44-55)15-27(17-25)35(52)42-39-19-29(46)33(50)30(47)20-45/h4-19,29-30,33,45-47,50,54-55H,20H2,1-3H3,(H,40,53)(H,41,51)(H,42,52)(H,43,48)(H,44,49)/b10-6+,11-7+,38-18+,39-19+/t29-,30+,33+/m0/s1. The number of rotatable bonds is 15. The van der Waals surface area contributed by atoms with Crippen LogP contribution in [0.25, 0.3) is 23.3 Å². The highest BCUT2D eigenvalue weighted by molar-refractivity contribution is 6.00. The van der Waals surface area contributed by atoms with Gasteiger partial charge in [-0.05, 0) is 109 Å². The van der Waals surface area contributed by atoms with Gasteiger partial charge in [0, 0.05) is 29.0 Å². The number of hydrogen-bond acceptors (Lipinski definition) is 14. The topological polar surface area (TPSA) is 301 Å². The fraction of sp³-hybridized carbons (Fsp3) is 0.216. The maximum Gasteiger partial charge on any atom is 0.412 e. The third-order valence-corrected chi connectivity index (χ3v) is 7.10. The summed E-state index contributed by atoms with van der Waals surface area (Å²) in [6.45, 7) is 4.36. The number of anilines is 1. The zero-order valence-electron chi connectivity index (χ0n) is 30.2. The van der Waals surface area contributed by atoms with Crippen LogP contribution >= 0.6 is 0 Å². The third kappa shape index (κ3) is 14.3. The second kappa shape index (κ2) is 20.7. The van der Waals surface area contributed by atoms with Crippen LogP contribution in [0, 0.1) is 0 Å². The molecule has 3 aromatic carbocycles. The molecular formula is C37H41N7O12. The molecule has 0 bridgehead atoms. The average Bonchev–Trinajstić information content (AvgIpc) is 3.17. The third-order valence-electron chi connectivity index (χ3n) is 7.10. The summed E-state index contributed by atoms with van der Waals surface area (Å²) in [5.41, 5.74) is 8.94. The number of hydrogen-bond donors (Lipinski definition) is 11. The molecule has 0 radical (unpaired) electrons. The highest BCUT2D eigenvalue weighted by atomic mass is 16.6. The van der Waals surface area contributed by atoms with Crippen LogP contribution in [0.15, 0.2) is 83.0 Å². The second-order valence-electron chi connectivity index (χ2n) is 12.7. The van der Waals surface area contributed by atoms with Crippen molar-refractivity contribution < 1.29 is 59.6 Å². The Labute approximate surface area is 319 Å². The molecule has 3 aromatic rings. The lowest BCUT2D eigenvalue weighted by molar-refractivity contribution is -0.124. The summed E-state index contributed by atoms with van der Waals surface area (Å²) in [5.74, 6) is -3.28. The first-order valence-corrected chi connectivity index (χ1v) is 16.5. The van der Waals surface area contributed by atoms with E-state index >= 15 is 0 Å². The largest absolute Gasteiger partial charge is 0.444 e. The van der Waals surface area contributed by atoms with Crippen LogP contribution in [0.5, 0.6) is 0 Å². The minimum absolute atomic E-state index is 0.0365. The maximum absolute atomic E-state index is 13.3. The van der Waals surface area contributed by atoms with Crippen LogP contribution in [-0.4, -0.2) is 104 Å². The van der Waals surface area contributed by atoms with Crippen molar-refractivity contribution >= 4 is 60.0 Å². The second-order valence-corrected chi connectivity index (χ2v) is 12.7. The van der Waals surface area contributed by atoms with Crippen molar-refractivity contribution in [3.63, 3.8) is 0 Å². The first kappa shape index (κ1) is 43.8. The number of carbonyl (C=O) groups excluding carboxylic acids is 5. The van der Waals surface area contributed by atoms with Gasteiger partial charge in [0.2, 0.25) is 0 Å². The number of carbonyl (C=O) groups is 5. The maximum atomic E-state index is 13.3. The van der Waals surface area contributed by atoms with E-state index in [2.05, 4.69) is 26.4 Å². The summed E-state index contributed by atoms with van der Waals surface area (Å²) in [4.78, 5) is 62.0. The molecule has 0 aliphatic rings. The summed E-state index contributed by atoms with van der Waals surface area (Å²) < 4.78 is 5.23. The molecule has 19 nitrogen and oxygen atoms in total. The first-order valence-electron chi connectivity index (χ1n) is 16.5. The van der Waals surface area contributed by atoms with Crippen LogP contribution < -0.4 is 27.1 Å². The van der Waals surface area contributed by atoms with E-state index in [1.165, 1.54) is 59.7 Å². The Balaban J connectivity index is 1.95. The molecule has 3 rings (SSSR count). The highest BCUT2D eigenvalue weighted by Gasteiger charge is 2.23. The number of benzene rings is 3. The van der Waals surface area contributed by atoms with E-state index in [1.807, 2.05) is 0 Å². The molecular weight excluding hydrogens is 734 g/mol. The molecule has 0 heterocycles. The summed E-state index contributed by atoms with van der Waals surface area (Å²) in [5, 5.41) is 66.3.